The zero-order chi connectivity index (χ0) is 9.10. The summed E-state index contributed by atoms with van der Waals surface area (Å²) >= 11 is 0. The highest BCUT2D eigenvalue weighted by Gasteiger charge is 2.38. The highest BCUT2D eigenvalue weighted by molar-refractivity contribution is 4.93. The van der Waals surface area contributed by atoms with Crippen molar-refractivity contribution in [2.24, 2.45) is 11.8 Å². The summed E-state index contributed by atoms with van der Waals surface area (Å²) < 4.78 is 0. The molecule has 0 radical (unpaired) electrons. The molecule has 2 aliphatic carbocycles. The lowest BCUT2D eigenvalue weighted by molar-refractivity contribution is 0.279. The Morgan fingerprint density at radius 3 is 2.69 bits per heavy atom. The zero-order valence-electron chi connectivity index (χ0n) is 8.34. The van der Waals surface area contributed by atoms with Gasteiger partial charge < -0.3 is 10.4 Å². The van der Waals surface area contributed by atoms with Gasteiger partial charge in [0, 0.05) is 12.6 Å². The van der Waals surface area contributed by atoms with Gasteiger partial charge in [-0.3, -0.25) is 0 Å². The molecule has 3 unspecified atom stereocenters. The van der Waals surface area contributed by atoms with E-state index < -0.39 is 0 Å². The van der Waals surface area contributed by atoms with E-state index in [1.165, 1.54) is 25.7 Å². The number of nitrogens with one attached hydrogen (secondary N) is 1. The monoisotopic (exact) mass is 183 g/mol. The van der Waals surface area contributed by atoms with Gasteiger partial charge in [0.15, 0.2) is 0 Å². The summed E-state index contributed by atoms with van der Waals surface area (Å²) in [5.41, 5.74) is 0. The molecular formula is C11H21NO. The molecule has 2 nitrogen and oxygen atoms in total. The second-order valence-corrected chi connectivity index (χ2v) is 4.67. The normalized spacial score (nSPS) is 37.2. The molecule has 0 aromatic carbocycles. The molecule has 0 saturated heterocycles. The second kappa shape index (κ2) is 4.43. The van der Waals surface area contributed by atoms with Crippen molar-refractivity contribution >= 4 is 0 Å². The van der Waals surface area contributed by atoms with Crippen LogP contribution in [0.2, 0.25) is 0 Å². The van der Waals surface area contributed by atoms with Gasteiger partial charge in [0.1, 0.15) is 0 Å². The third-order valence-corrected chi connectivity index (χ3v) is 3.73. The van der Waals surface area contributed by atoms with Crippen LogP contribution in [-0.2, 0) is 0 Å². The lowest BCUT2D eigenvalue weighted by atomic mass is 9.95. The summed E-state index contributed by atoms with van der Waals surface area (Å²) in [4.78, 5) is 0. The number of aliphatic hydroxyl groups is 1. The minimum absolute atomic E-state index is 0.346. The van der Waals surface area contributed by atoms with Gasteiger partial charge in [0.05, 0.1) is 0 Å². The molecule has 0 aromatic heterocycles. The summed E-state index contributed by atoms with van der Waals surface area (Å²) in [6, 6.07) is 0.817. The van der Waals surface area contributed by atoms with E-state index in [-0.39, 0.29) is 0 Å². The molecule has 0 amide bonds. The van der Waals surface area contributed by atoms with Crippen LogP contribution in [0, 0.1) is 11.8 Å². The van der Waals surface area contributed by atoms with Gasteiger partial charge in [-0.25, -0.2) is 0 Å². The van der Waals surface area contributed by atoms with Crippen LogP contribution >= 0.6 is 0 Å². The van der Waals surface area contributed by atoms with Crippen molar-refractivity contribution in [3.63, 3.8) is 0 Å². The standard InChI is InChI=1S/C11H21NO/c13-6-2-1-5-12-11-8-9-3-4-10(11)7-9/h9-13H,1-8H2. The van der Waals surface area contributed by atoms with Crippen LogP contribution in [0.1, 0.15) is 38.5 Å². The van der Waals surface area contributed by atoms with Crippen molar-refractivity contribution in [2.75, 3.05) is 13.2 Å². The first-order valence-corrected chi connectivity index (χ1v) is 5.74. The van der Waals surface area contributed by atoms with Gasteiger partial charge in [0.2, 0.25) is 0 Å². The van der Waals surface area contributed by atoms with Crippen molar-refractivity contribution in [2.45, 2.75) is 44.6 Å². The van der Waals surface area contributed by atoms with Crippen molar-refractivity contribution in [3.05, 3.63) is 0 Å². The molecule has 13 heavy (non-hydrogen) atoms. The predicted octanol–water partition coefficient (Wildman–Crippen LogP) is 1.54. The quantitative estimate of drug-likeness (QED) is 0.634. The highest BCUT2D eigenvalue weighted by atomic mass is 16.2. The summed E-state index contributed by atoms with van der Waals surface area (Å²) in [6.45, 7) is 1.45. The summed E-state index contributed by atoms with van der Waals surface area (Å²) in [6.07, 6.45) is 7.93. The lowest BCUT2D eigenvalue weighted by Crippen LogP contribution is -2.34. The highest BCUT2D eigenvalue weighted by Crippen LogP contribution is 2.44. The van der Waals surface area contributed by atoms with Crippen molar-refractivity contribution < 1.29 is 5.11 Å². The largest absolute Gasteiger partial charge is 0.396 e. The average molecular weight is 183 g/mol. The number of aliphatic hydroxyl groups excluding tert-OH is 1. The fraction of sp³-hybridized carbons (Fsp3) is 1.00. The molecule has 0 heterocycles. The molecule has 2 fully saturated rings. The van der Waals surface area contributed by atoms with Gasteiger partial charge in [-0.05, 0) is 50.5 Å². The maximum Gasteiger partial charge on any atom is 0.0431 e. The topological polar surface area (TPSA) is 32.3 Å². The second-order valence-electron chi connectivity index (χ2n) is 4.67. The van der Waals surface area contributed by atoms with E-state index in [0.29, 0.717) is 6.61 Å². The Labute approximate surface area is 80.7 Å². The Balaban J connectivity index is 1.60. The molecule has 0 aromatic rings. The zero-order valence-corrected chi connectivity index (χ0v) is 8.34. The number of fused-ring (bicyclic) bond motifs is 2. The number of hydrogen-bond donors (Lipinski definition) is 2. The molecular weight excluding hydrogens is 162 g/mol. The van der Waals surface area contributed by atoms with Gasteiger partial charge in [-0.1, -0.05) is 6.42 Å². The van der Waals surface area contributed by atoms with E-state index in [1.807, 2.05) is 0 Å². The van der Waals surface area contributed by atoms with E-state index in [2.05, 4.69) is 5.32 Å². The first-order valence-electron chi connectivity index (χ1n) is 5.74. The van der Waals surface area contributed by atoms with Gasteiger partial charge in [-0.15, -0.1) is 0 Å². The molecule has 2 rings (SSSR count). The maximum atomic E-state index is 8.64. The molecule has 76 valence electrons. The number of unbranched alkanes of at least 4 members (excludes halogenated alkanes) is 1. The Hall–Kier alpha value is -0.0800. The minimum Gasteiger partial charge on any atom is -0.396 e. The molecule has 2 aliphatic rings. The Morgan fingerprint density at radius 1 is 1.15 bits per heavy atom. The van der Waals surface area contributed by atoms with Crippen LogP contribution in [-0.4, -0.2) is 24.3 Å². The van der Waals surface area contributed by atoms with Crippen LogP contribution in [0.5, 0.6) is 0 Å². The fourth-order valence-corrected chi connectivity index (χ4v) is 3.02. The SMILES string of the molecule is OCCCCNC1CC2CCC1C2. The third-order valence-electron chi connectivity index (χ3n) is 3.73. The fourth-order valence-electron chi connectivity index (χ4n) is 3.02. The van der Waals surface area contributed by atoms with E-state index in [9.17, 15) is 0 Å². The Bertz CT molecular complexity index is 160. The van der Waals surface area contributed by atoms with Crippen LogP contribution in [0.4, 0.5) is 0 Å². The summed E-state index contributed by atoms with van der Waals surface area (Å²) in [5.74, 6) is 2.03. The van der Waals surface area contributed by atoms with Crippen molar-refractivity contribution in [1.82, 2.24) is 5.32 Å². The van der Waals surface area contributed by atoms with Crippen LogP contribution in [0.25, 0.3) is 0 Å². The molecule has 2 saturated carbocycles. The molecule has 0 aliphatic heterocycles. The van der Waals surface area contributed by atoms with Crippen LogP contribution in [0.15, 0.2) is 0 Å². The Kier molecular flexibility index (Phi) is 3.23. The lowest BCUT2D eigenvalue weighted by Gasteiger charge is -2.22. The van der Waals surface area contributed by atoms with Gasteiger partial charge in [-0.2, -0.15) is 0 Å². The van der Waals surface area contributed by atoms with Gasteiger partial charge >= 0.3 is 0 Å². The minimum atomic E-state index is 0.346. The van der Waals surface area contributed by atoms with Crippen LogP contribution < -0.4 is 5.32 Å². The Morgan fingerprint density at radius 2 is 2.08 bits per heavy atom. The molecule has 2 heteroatoms. The van der Waals surface area contributed by atoms with Crippen molar-refractivity contribution in [1.29, 1.82) is 0 Å². The number of hydrogen-bond acceptors (Lipinski definition) is 2. The first-order chi connectivity index (χ1) is 6.40. The van der Waals surface area contributed by atoms with Gasteiger partial charge in [0.25, 0.3) is 0 Å². The first kappa shape index (κ1) is 9.47. The van der Waals surface area contributed by atoms with E-state index in [0.717, 1.165) is 37.3 Å². The third kappa shape index (κ3) is 2.23. The number of rotatable bonds is 5. The smallest absolute Gasteiger partial charge is 0.0431 e. The van der Waals surface area contributed by atoms with E-state index in [1.54, 1.807) is 0 Å². The van der Waals surface area contributed by atoms with Crippen LogP contribution in [0.3, 0.4) is 0 Å². The molecule has 0 spiro atoms. The molecule has 2 N–H and O–H groups in total. The molecule has 3 atom stereocenters. The van der Waals surface area contributed by atoms with E-state index in [4.69, 9.17) is 5.11 Å². The van der Waals surface area contributed by atoms with Crippen molar-refractivity contribution in [3.8, 4) is 0 Å². The predicted molar refractivity (Wildman–Crippen MR) is 53.6 cm³/mol. The van der Waals surface area contributed by atoms with E-state index >= 15 is 0 Å². The summed E-state index contributed by atoms with van der Waals surface area (Å²) in [7, 11) is 0. The average Bonchev–Trinajstić information content (AvgIpc) is 2.73. The molecule has 2 bridgehead atoms. The maximum absolute atomic E-state index is 8.64. The summed E-state index contributed by atoms with van der Waals surface area (Å²) in [5, 5.41) is 12.3.